The summed E-state index contributed by atoms with van der Waals surface area (Å²) in [6, 6.07) is 1.80. The Balaban J connectivity index is 1.50. The van der Waals surface area contributed by atoms with Crippen LogP contribution in [0.25, 0.3) is 0 Å². The molecule has 7 heteroatoms. The highest BCUT2D eigenvalue weighted by Crippen LogP contribution is 2.67. The van der Waals surface area contributed by atoms with E-state index in [9.17, 15) is 9.59 Å². The molecule has 4 saturated heterocycles. The van der Waals surface area contributed by atoms with Crippen molar-refractivity contribution in [3.8, 4) is 0 Å². The van der Waals surface area contributed by atoms with Gasteiger partial charge in [-0.05, 0) is 25.8 Å². The van der Waals surface area contributed by atoms with Crippen molar-refractivity contribution in [3.63, 3.8) is 0 Å². The summed E-state index contributed by atoms with van der Waals surface area (Å²) >= 11 is 0. The van der Waals surface area contributed by atoms with E-state index >= 15 is 0 Å². The summed E-state index contributed by atoms with van der Waals surface area (Å²) in [4.78, 5) is 25.4. The summed E-state index contributed by atoms with van der Waals surface area (Å²) in [5, 5.41) is 0. The minimum Gasteiger partial charge on any atom is -0.472 e. The van der Waals surface area contributed by atoms with Gasteiger partial charge in [0.1, 0.15) is 18.1 Å². The Hall–Kier alpha value is -1.86. The van der Waals surface area contributed by atoms with Crippen LogP contribution in [-0.4, -0.2) is 35.5 Å². The van der Waals surface area contributed by atoms with Crippen LogP contribution >= 0.6 is 0 Å². The van der Waals surface area contributed by atoms with Gasteiger partial charge in [-0.15, -0.1) is 0 Å². The Labute approximate surface area is 156 Å². The highest BCUT2D eigenvalue weighted by Gasteiger charge is 2.78. The predicted molar refractivity (Wildman–Crippen MR) is 88.1 cm³/mol. The summed E-state index contributed by atoms with van der Waals surface area (Å²) in [6.45, 7) is 3.99. The fourth-order valence-corrected chi connectivity index (χ4v) is 6.37. The average molecular weight is 374 g/mol. The average Bonchev–Trinajstić information content (AvgIpc) is 3.28. The van der Waals surface area contributed by atoms with Crippen molar-refractivity contribution in [1.82, 2.24) is 0 Å². The van der Waals surface area contributed by atoms with Gasteiger partial charge in [0.05, 0.1) is 29.5 Å². The molecule has 144 valence electrons. The van der Waals surface area contributed by atoms with Gasteiger partial charge in [0.25, 0.3) is 0 Å². The molecular weight excluding hydrogens is 352 g/mol. The number of hydrogen-bond donors (Lipinski definition) is 0. The fraction of sp³-hybridized carbons (Fsp3) is 0.700. The van der Waals surface area contributed by atoms with Crippen LogP contribution in [-0.2, 0) is 28.5 Å². The van der Waals surface area contributed by atoms with Gasteiger partial charge in [-0.3, -0.25) is 9.59 Å². The first-order valence-electron chi connectivity index (χ1n) is 9.69. The molecule has 5 aliphatic rings. The zero-order chi connectivity index (χ0) is 18.6. The van der Waals surface area contributed by atoms with Crippen molar-refractivity contribution in [3.05, 3.63) is 24.2 Å². The van der Waals surface area contributed by atoms with Crippen LogP contribution in [0.5, 0.6) is 0 Å². The molecule has 4 aliphatic heterocycles. The van der Waals surface area contributed by atoms with Gasteiger partial charge in [0.15, 0.2) is 11.9 Å². The van der Waals surface area contributed by atoms with Crippen LogP contribution in [0.4, 0.5) is 0 Å². The van der Waals surface area contributed by atoms with Crippen LogP contribution in [0.1, 0.15) is 51.2 Å². The Morgan fingerprint density at radius 1 is 1.15 bits per heavy atom. The number of ether oxygens (including phenoxy) is 4. The first kappa shape index (κ1) is 16.1. The Bertz CT molecular complexity index is 833. The molecule has 1 aliphatic carbocycles. The third-order valence-corrected chi connectivity index (χ3v) is 7.72. The van der Waals surface area contributed by atoms with Crippen molar-refractivity contribution >= 4 is 11.9 Å². The number of esters is 2. The van der Waals surface area contributed by atoms with Gasteiger partial charge in [0, 0.05) is 18.4 Å². The number of hydrogen-bond acceptors (Lipinski definition) is 7. The third kappa shape index (κ3) is 1.71. The van der Waals surface area contributed by atoms with E-state index in [0.717, 1.165) is 18.4 Å². The van der Waals surface area contributed by atoms with Crippen LogP contribution in [0.3, 0.4) is 0 Å². The number of rotatable bonds is 1. The monoisotopic (exact) mass is 374 g/mol. The third-order valence-electron chi connectivity index (χ3n) is 7.72. The topological polar surface area (TPSA) is 84.2 Å². The van der Waals surface area contributed by atoms with Gasteiger partial charge in [-0.2, -0.15) is 0 Å². The Morgan fingerprint density at radius 2 is 2.00 bits per heavy atom. The Morgan fingerprint density at radius 3 is 2.78 bits per heavy atom. The quantitative estimate of drug-likeness (QED) is 0.698. The van der Waals surface area contributed by atoms with Gasteiger partial charge in [-0.1, -0.05) is 6.92 Å². The summed E-state index contributed by atoms with van der Waals surface area (Å²) < 4.78 is 30.0. The molecule has 5 fully saturated rings. The number of carbonyl (C=O) groups is 2. The predicted octanol–water partition coefficient (Wildman–Crippen LogP) is 2.50. The smallest absolute Gasteiger partial charge is 0.315 e. The van der Waals surface area contributed by atoms with Gasteiger partial charge >= 0.3 is 11.9 Å². The molecule has 1 aromatic rings. The van der Waals surface area contributed by atoms with E-state index < -0.39 is 34.9 Å². The molecule has 0 N–H and O–H groups in total. The largest absolute Gasteiger partial charge is 0.472 e. The fourth-order valence-electron chi connectivity index (χ4n) is 6.37. The Kier molecular flexibility index (Phi) is 2.84. The lowest BCUT2D eigenvalue weighted by molar-refractivity contribution is -0.441. The lowest BCUT2D eigenvalue weighted by Crippen LogP contribution is -2.74. The van der Waals surface area contributed by atoms with Crippen molar-refractivity contribution in [2.45, 2.75) is 69.2 Å². The van der Waals surface area contributed by atoms with E-state index in [0.29, 0.717) is 12.8 Å². The van der Waals surface area contributed by atoms with E-state index in [-0.39, 0.29) is 24.0 Å². The molecule has 1 spiro atoms. The van der Waals surface area contributed by atoms with Gasteiger partial charge in [0.2, 0.25) is 0 Å². The van der Waals surface area contributed by atoms with Crippen molar-refractivity contribution < 1.29 is 33.0 Å². The molecule has 7 nitrogen and oxygen atoms in total. The zero-order valence-electron chi connectivity index (χ0n) is 15.3. The maximum atomic E-state index is 12.8. The van der Waals surface area contributed by atoms with Gasteiger partial charge < -0.3 is 23.4 Å². The highest BCUT2D eigenvalue weighted by atomic mass is 16.7. The van der Waals surface area contributed by atoms with E-state index in [1.807, 2.05) is 6.92 Å². The second-order valence-electron chi connectivity index (χ2n) is 9.00. The molecular formula is C20H22O7. The van der Waals surface area contributed by atoms with Crippen LogP contribution in [0.2, 0.25) is 0 Å². The lowest BCUT2D eigenvalue weighted by atomic mass is 9.56. The van der Waals surface area contributed by atoms with E-state index in [1.54, 1.807) is 18.6 Å². The molecule has 27 heavy (non-hydrogen) atoms. The minimum absolute atomic E-state index is 0.163. The summed E-state index contributed by atoms with van der Waals surface area (Å²) in [7, 11) is 0. The van der Waals surface area contributed by atoms with E-state index in [4.69, 9.17) is 23.4 Å². The van der Waals surface area contributed by atoms with Crippen molar-refractivity contribution in [1.29, 1.82) is 0 Å². The number of cyclic esters (lactones) is 1. The van der Waals surface area contributed by atoms with Gasteiger partial charge in [-0.25, -0.2) is 0 Å². The van der Waals surface area contributed by atoms with Crippen LogP contribution in [0, 0.1) is 17.3 Å². The standard InChI is InChI=1S/C20H22O7/c1-18-8-12-19(2)11(16(21)24-12)4-3-6-20(19,27-18)26-15-13(18)17(22)25-14(15)10-5-7-23-9-10/h5,7,9,11-15H,3-4,6,8H2,1-2H3/t11-,12-,13+,14+,15-,18+,19-,20-/m1/s1. The normalized spacial score (nSPS) is 52.7. The van der Waals surface area contributed by atoms with E-state index in [1.165, 1.54) is 0 Å². The van der Waals surface area contributed by atoms with Crippen LogP contribution < -0.4 is 0 Å². The summed E-state index contributed by atoms with van der Waals surface area (Å²) in [5.41, 5.74) is -0.571. The molecule has 0 radical (unpaired) electrons. The molecule has 8 atom stereocenters. The maximum absolute atomic E-state index is 12.8. The SMILES string of the molecule is C[C@]12[C@@H]3CCC[C@]14O[C@@H]1[C@@H](C(=O)O[C@H]1c1ccoc1)[C@](C)(C[C@H]2OC3=O)O4. The molecule has 2 bridgehead atoms. The molecule has 0 unspecified atom stereocenters. The zero-order valence-corrected chi connectivity index (χ0v) is 15.3. The maximum Gasteiger partial charge on any atom is 0.315 e. The molecule has 5 heterocycles. The highest BCUT2D eigenvalue weighted by molar-refractivity contribution is 5.79. The molecule has 1 saturated carbocycles. The molecule has 1 aromatic heterocycles. The lowest BCUT2D eigenvalue weighted by Gasteiger charge is -2.64. The minimum atomic E-state index is -0.948. The number of fused-ring (bicyclic) bond motifs is 3. The number of furan rings is 1. The summed E-state index contributed by atoms with van der Waals surface area (Å²) in [5.74, 6) is -2.24. The second-order valence-corrected chi connectivity index (χ2v) is 9.00. The molecule has 0 aromatic carbocycles. The summed E-state index contributed by atoms with van der Waals surface area (Å²) in [6.07, 6.45) is 4.60. The molecule has 0 amide bonds. The first-order valence-corrected chi connectivity index (χ1v) is 9.69. The van der Waals surface area contributed by atoms with Crippen molar-refractivity contribution in [2.75, 3.05) is 0 Å². The second kappa shape index (κ2) is 4.75. The first-order chi connectivity index (χ1) is 12.9. The molecule has 6 rings (SSSR count). The van der Waals surface area contributed by atoms with E-state index in [2.05, 4.69) is 6.92 Å². The number of carbonyl (C=O) groups excluding carboxylic acids is 2. The van der Waals surface area contributed by atoms with Crippen LogP contribution in [0.15, 0.2) is 23.0 Å². The van der Waals surface area contributed by atoms with Crippen molar-refractivity contribution in [2.24, 2.45) is 17.3 Å².